The molecule has 1 amide bonds. The summed E-state index contributed by atoms with van der Waals surface area (Å²) in [7, 11) is 0. The Bertz CT molecular complexity index is 1100. The number of nitro groups is 1. The van der Waals surface area contributed by atoms with Crippen molar-refractivity contribution in [2.45, 2.75) is 0 Å². The zero-order chi connectivity index (χ0) is 20.3. The molecule has 142 valence electrons. The number of rotatable bonds is 6. The molecule has 10 heteroatoms. The number of carbonyl (C=O) groups excluding carboxylic acids is 1. The van der Waals surface area contributed by atoms with Crippen LogP contribution in [0.2, 0.25) is 5.02 Å². The van der Waals surface area contributed by atoms with Gasteiger partial charge in [-0.3, -0.25) is 14.9 Å². The Morgan fingerprint density at radius 3 is 2.57 bits per heavy atom. The number of benzene rings is 1. The normalized spacial score (nSPS) is 11.2. The van der Waals surface area contributed by atoms with Crippen LogP contribution in [0.25, 0.3) is 16.5 Å². The van der Waals surface area contributed by atoms with Gasteiger partial charge >= 0.3 is 11.9 Å². The summed E-state index contributed by atoms with van der Waals surface area (Å²) in [5, 5.41) is 22.7. The number of aliphatic carboxylic acids is 1. The molecule has 2 aromatic heterocycles. The van der Waals surface area contributed by atoms with Gasteiger partial charge in [0.2, 0.25) is 0 Å². The Labute approximate surface area is 166 Å². The van der Waals surface area contributed by atoms with E-state index in [1.807, 2.05) is 12.1 Å². The van der Waals surface area contributed by atoms with Crippen LogP contribution >= 0.6 is 22.9 Å². The van der Waals surface area contributed by atoms with Crippen LogP contribution in [0, 0.1) is 10.1 Å². The molecule has 0 fully saturated rings. The van der Waals surface area contributed by atoms with Gasteiger partial charge in [-0.2, -0.15) is 0 Å². The van der Waals surface area contributed by atoms with Gasteiger partial charge in [-0.05, 0) is 30.3 Å². The maximum atomic E-state index is 12.1. The molecule has 0 saturated heterocycles. The van der Waals surface area contributed by atoms with Crippen molar-refractivity contribution in [2.24, 2.45) is 0 Å². The van der Waals surface area contributed by atoms with Crippen molar-refractivity contribution in [3.63, 3.8) is 0 Å². The molecule has 0 spiro atoms. The van der Waals surface area contributed by atoms with Crippen LogP contribution in [0.15, 0.2) is 58.6 Å². The molecule has 28 heavy (non-hydrogen) atoms. The Kier molecular flexibility index (Phi) is 5.57. The minimum Gasteiger partial charge on any atom is -0.477 e. The molecule has 1 aromatic carbocycles. The maximum Gasteiger partial charge on any atom is 0.433 e. The summed E-state index contributed by atoms with van der Waals surface area (Å²) in [6.45, 7) is 0. The fourth-order valence-electron chi connectivity index (χ4n) is 2.26. The fourth-order valence-corrected chi connectivity index (χ4v) is 3.55. The zero-order valence-corrected chi connectivity index (χ0v) is 15.5. The zero-order valence-electron chi connectivity index (χ0n) is 13.9. The van der Waals surface area contributed by atoms with E-state index in [-0.39, 0.29) is 5.76 Å². The smallest absolute Gasteiger partial charge is 0.433 e. The first-order valence-electron chi connectivity index (χ1n) is 7.70. The van der Waals surface area contributed by atoms with Crippen LogP contribution in [-0.2, 0) is 4.79 Å². The van der Waals surface area contributed by atoms with E-state index < -0.39 is 28.4 Å². The fraction of sp³-hybridized carbons (Fsp3) is 0. The lowest BCUT2D eigenvalue weighted by Gasteiger charge is -2.03. The molecule has 0 aliphatic heterocycles. The summed E-state index contributed by atoms with van der Waals surface area (Å²) in [6, 6.07) is 12.8. The number of amides is 1. The van der Waals surface area contributed by atoms with Gasteiger partial charge in [-0.15, -0.1) is 11.3 Å². The van der Waals surface area contributed by atoms with Crippen LogP contribution in [0.1, 0.15) is 15.4 Å². The van der Waals surface area contributed by atoms with E-state index in [9.17, 15) is 24.8 Å². The second kappa shape index (κ2) is 8.07. The van der Waals surface area contributed by atoms with Gasteiger partial charge in [0.05, 0.1) is 6.07 Å². The number of carboxylic acid groups (broad SMARTS) is 1. The molecule has 0 unspecified atom stereocenters. The van der Waals surface area contributed by atoms with Crippen molar-refractivity contribution in [1.29, 1.82) is 0 Å². The third-order valence-electron chi connectivity index (χ3n) is 3.53. The number of halogens is 1. The Morgan fingerprint density at radius 1 is 1.18 bits per heavy atom. The van der Waals surface area contributed by atoms with Gasteiger partial charge in [0.15, 0.2) is 5.76 Å². The quantitative estimate of drug-likeness (QED) is 0.347. The van der Waals surface area contributed by atoms with E-state index in [2.05, 4.69) is 5.32 Å². The number of hydrogen-bond acceptors (Lipinski definition) is 6. The molecule has 8 nitrogen and oxygen atoms in total. The monoisotopic (exact) mass is 418 g/mol. The third-order valence-corrected chi connectivity index (χ3v) is 4.92. The summed E-state index contributed by atoms with van der Waals surface area (Å²) >= 11 is 7.46. The molecule has 2 N–H and O–H groups in total. The highest BCUT2D eigenvalue weighted by molar-refractivity contribution is 7.16. The number of nitrogens with one attached hydrogen (secondary N) is 1. The minimum absolute atomic E-state index is 0.373. The van der Waals surface area contributed by atoms with Gasteiger partial charge in [0.1, 0.15) is 10.6 Å². The second-order valence-electron chi connectivity index (χ2n) is 5.39. The molecular formula is C18H11ClN2O6S. The van der Waals surface area contributed by atoms with E-state index in [1.165, 1.54) is 17.4 Å². The third kappa shape index (κ3) is 4.27. The lowest BCUT2D eigenvalue weighted by molar-refractivity contribution is -0.402. The summed E-state index contributed by atoms with van der Waals surface area (Å²) in [5.74, 6) is -3.28. The van der Waals surface area contributed by atoms with Crippen molar-refractivity contribution in [1.82, 2.24) is 5.32 Å². The Hall–Kier alpha value is -3.43. The molecule has 0 aliphatic carbocycles. The second-order valence-corrected chi connectivity index (χ2v) is 6.92. The topological polar surface area (TPSA) is 123 Å². The van der Waals surface area contributed by atoms with Crippen molar-refractivity contribution in [3.8, 4) is 10.4 Å². The number of carboxylic acids is 1. The summed E-state index contributed by atoms with van der Waals surface area (Å²) in [4.78, 5) is 34.8. The van der Waals surface area contributed by atoms with Gasteiger partial charge in [0, 0.05) is 20.3 Å². The van der Waals surface area contributed by atoms with Crippen LogP contribution in [0.4, 0.5) is 5.88 Å². The summed E-state index contributed by atoms with van der Waals surface area (Å²) in [6.07, 6.45) is 1.28. The number of furan rings is 1. The van der Waals surface area contributed by atoms with Gasteiger partial charge < -0.3 is 14.8 Å². The minimum atomic E-state index is -1.37. The molecule has 0 bridgehead atoms. The maximum absolute atomic E-state index is 12.1. The largest absolute Gasteiger partial charge is 0.477 e. The van der Waals surface area contributed by atoms with Crippen LogP contribution in [-0.4, -0.2) is 21.9 Å². The van der Waals surface area contributed by atoms with Gasteiger partial charge in [-0.1, -0.05) is 29.8 Å². The molecular weight excluding hydrogens is 408 g/mol. The highest BCUT2D eigenvalue weighted by atomic mass is 35.5. The van der Waals surface area contributed by atoms with E-state index in [0.29, 0.717) is 9.90 Å². The molecule has 0 atom stereocenters. The molecule has 3 rings (SSSR count). The first-order valence-corrected chi connectivity index (χ1v) is 8.90. The lowest BCUT2D eigenvalue weighted by atomic mass is 10.2. The van der Waals surface area contributed by atoms with Crippen molar-refractivity contribution in [2.75, 3.05) is 0 Å². The predicted octanol–water partition coefficient (Wildman–Crippen LogP) is 4.43. The number of carbonyl (C=O) groups is 2. The van der Waals surface area contributed by atoms with Crippen molar-refractivity contribution in [3.05, 3.63) is 80.0 Å². The Morgan fingerprint density at radius 2 is 1.93 bits per heavy atom. The highest BCUT2D eigenvalue weighted by Gasteiger charge is 2.20. The molecule has 0 saturated carbocycles. The van der Waals surface area contributed by atoms with Crippen molar-refractivity contribution < 1.29 is 24.0 Å². The van der Waals surface area contributed by atoms with Crippen molar-refractivity contribution >= 4 is 46.8 Å². The van der Waals surface area contributed by atoms with Crippen LogP contribution < -0.4 is 5.32 Å². The molecule has 3 aromatic rings. The predicted molar refractivity (Wildman–Crippen MR) is 103 cm³/mol. The van der Waals surface area contributed by atoms with Gasteiger partial charge in [-0.25, -0.2) is 4.79 Å². The molecule has 0 radical (unpaired) electrons. The van der Waals surface area contributed by atoms with Crippen LogP contribution in [0.5, 0.6) is 0 Å². The van der Waals surface area contributed by atoms with E-state index >= 15 is 0 Å². The number of thiophene rings is 1. The van der Waals surface area contributed by atoms with E-state index in [1.54, 1.807) is 24.3 Å². The highest BCUT2D eigenvalue weighted by Crippen LogP contribution is 2.33. The van der Waals surface area contributed by atoms with Crippen LogP contribution in [0.3, 0.4) is 0 Å². The average molecular weight is 419 g/mol. The van der Waals surface area contributed by atoms with E-state index in [4.69, 9.17) is 16.0 Å². The van der Waals surface area contributed by atoms with Gasteiger partial charge in [0.25, 0.3) is 5.91 Å². The average Bonchev–Trinajstić information content (AvgIpc) is 3.31. The number of nitrogens with zero attached hydrogens (tertiary/aromatic N) is 1. The standard InChI is InChI=1S/C18H11ClN2O6S/c19-12-4-2-1-3-11(12)15-7-5-10(28-15)9-13(18(23)24)20-17(22)14-6-8-16(27-14)21(25)26/h1-9H,(H,20,22)(H,23,24). The Balaban J connectivity index is 1.83. The lowest BCUT2D eigenvalue weighted by Crippen LogP contribution is -2.26. The first-order chi connectivity index (χ1) is 13.3. The summed E-state index contributed by atoms with van der Waals surface area (Å²) in [5.41, 5.74) is 0.397. The first kappa shape index (κ1) is 19.3. The molecule has 0 aliphatic rings. The SMILES string of the molecule is O=C(O)C(=Cc1ccc(-c2ccccc2Cl)s1)NC(=O)c1ccc([N+](=O)[O-])o1. The van der Waals surface area contributed by atoms with E-state index in [0.717, 1.165) is 22.6 Å². The number of hydrogen-bond donors (Lipinski definition) is 2. The molecule has 2 heterocycles. The summed E-state index contributed by atoms with van der Waals surface area (Å²) < 4.78 is 4.77.